The van der Waals surface area contributed by atoms with Gasteiger partial charge in [-0.1, -0.05) is 13.8 Å². The van der Waals surface area contributed by atoms with E-state index in [9.17, 15) is 14.7 Å². The molecule has 138 valence electrons. The summed E-state index contributed by atoms with van der Waals surface area (Å²) in [6.07, 6.45) is 0. The van der Waals surface area contributed by atoms with Crippen molar-refractivity contribution in [1.82, 2.24) is 5.32 Å². The molecule has 1 aromatic carbocycles. The van der Waals surface area contributed by atoms with Gasteiger partial charge in [-0.05, 0) is 37.1 Å². The average molecular weight is 359 g/mol. The minimum atomic E-state index is -1.07. The third-order valence-corrected chi connectivity index (χ3v) is 4.21. The minimum absolute atomic E-state index is 0.235. The number of rotatable bonds is 5. The maximum atomic E-state index is 12.5. The number of carbonyl (C=O) groups excluding carboxylic acids is 1. The zero-order chi connectivity index (χ0) is 18.8. The van der Waals surface area contributed by atoms with Gasteiger partial charge in [-0.25, -0.2) is 4.79 Å². The van der Waals surface area contributed by atoms with E-state index in [1.54, 1.807) is 39.0 Å². The number of aliphatic carboxylic acids is 1. The number of carboxylic acids is 1. The fourth-order valence-corrected chi connectivity index (χ4v) is 2.78. The molecular formula is C19H21NO6. The fourth-order valence-electron chi connectivity index (χ4n) is 2.78. The molecular weight excluding hydrogens is 338 g/mol. The lowest BCUT2D eigenvalue weighted by atomic mass is 10.0. The second-order valence-electron chi connectivity index (χ2n) is 6.47. The van der Waals surface area contributed by atoms with Gasteiger partial charge in [-0.2, -0.15) is 0 Å². The Morgan fingerprint density at radius 2 is 1.81 bits per heavy atom. The second-order valence-corrected chi connectivity index (χ2v) is 6.47. The van der Waals surface area contributed by atoms with E-state index in [-0.39, 0.29) is 5.92 Å². The predicted molar refractivity (Wildman–Crippen MR) is 93.6 cm³/mol. The maximum absolute atomic E-state index is 12.5. The minimum Gasteiger partial charge on any atom is -0.486 e. The van der Waals surface area contributed by atoms with Gasteiger partial charge in [-0.15, -0.1) is 0 Å². The lowest BCUT2D eigenvalue weighted by Gasteiger charge is -2.18. The Labute approximate surface area is 150 Å². The van der Waals surface area contributed by atoms with Crippen molar-refractivity contribution in [3.63, 3.8) is 0 Å². The molecule has 2 N–H and O–H groups in total. The van der Waals surface area contributed by atoms with E-state index in [2.05, 4.69) is 5.32 Å². The molecule has 1 aliphatic heterocycles. The van der Waals surface area contributed by atoms with E-state index in [0.717, 1.165) is 5.56 Å². The highest BCUT2D eigenvalue weighted by atomic mass is 16.6. The molecule has 1 amide bonds. The van der Waals surface area contributed by atoms with Gasteiger partial charge in [0.15, 0.2) is 11.5 Å². The number of hydrogen-bond donors (Lipinski definition) is 2. The van der Waals surface area contributed by atoms with Crippen LogP contribution in [0.4, 0.5) is 0 Å². The third kappa shape index (κ3) is 3.51. The smallest absolute Gasteiger partial charge is 0.326 e. The molecule has 7 heteroatoms. The Morgan fingerprint density at radius 3 is 2.46 bits per heavy atom. The lowest BCUT2D eigenvalue weighted by molar-refractivity contribution is -0.140. The highest BCUT2D eigenvalue weighted by molar-refractivity contribution is 5.98. The van der Waals surface area contributed by atoms with Crippen LogP contribution >= 0.6 is 0 Å². The third-order valence-electron chi connectivity index (χ3n) is 4.21. The number of amides is 1. The number of hydrogen-bond acceptors (Lipinski definition) is 5. The summed E-state index contributed by atoms with van der Waals surface area (Å²) in [7, 11) is 0. The van der Waals surface area contributed by atoms with Crippen LogP contribution in [0.3, 0.4) is 0 Å². The fraction of sp³-hybridized carbons (Fsp3) is 0.368. The summed E-state index contributed by atoms with van der Waals surface area (Å²) in [6, 6.07) is 6.05. The molecule has 0 saturated heterocycles. The molecule has 0 saturated carbocycles. The molecule has 0 bridgehead atoms. The first-order valence-electron chi connectivity index (χ1n) is 8.41. The molecule has 0 unspecified atom stereocenters. The molecule has 0 fully saturated rings. The zero-order valence-electron chi connectivity index (χ0n) is 14.9. The van der Waals surface area contributed by atoms with Crippen LogP contribution in [0.1, 0.15) is 30.0 Å². The van der Waals surface area contributed by atoms with Crippen molar-refractivity contribution < 1.29 is 28.6 Å². The lowest BCUT2D eigenvalue weighted by Crippen LogP contribution is -2.44. The van der Waals surface area contributed by atoms with E-state index >= 15 is 0 Å². The summed E-state index contributed by atoms with van der Waals surface area (Å²) in [5.74, 6) is 0.432. The van der Waals surface area contributed by atoms with Crippen molar-refractivity contribution in [2.75, 3.05) is 13.2 Å². The van der Waals surface area contributed by atoms with E-state index in [1.807, 2.05) is 6.07 Å². The Hall–Kier alpha value is -2.96. The van der Waals surface area contributed by atoms with Crippen LogP contribution in [-0.2, 0) is 4.79 Å². The van der Waals surface area contributed by atoms with E-state index in [4.69, 9.17) is 13.9 Å². The first kappa shape index (κ1) is 17.8. The van der Waals surface area contributed by atoms with Crippen LogP contribution < -0.4 is 14.8 Å². The quantitative estimate of drug-likeness (QED) is 0.852. The summed E-state index contributed by atoms with van der Waals surface area (Å²) in [4.78, 5) is 23.8. The van der Waals surface area contributed by atoms with Gasteiger partial charge in [-0.3, -0.25) is 4.79 Å². The Balaban J connectivity index is 1.85. The van der Waals surface area contributed by atoms with Crippen molar-refractivity contribution in [3.8, 4) is 22.8 Å². The van der Waals surface area contributed by atoms with Crippen molar-refractivity contribution >= 4 is 11.9 Å². The van der Waals surface area contributed by atoms with Crippen molar-refractivity contribution in [2.45, 2.75) is 26.8 Å². The number of aryl methyl sites for hydroxylation is 1. The molecule has 0 radical (unpaired) electrons. The van der Waals surface area contributed by atoms with E-state index in [1.165, 1.54) is 0 Å². The summed E-state index contributed by atoms with van der Waals surface area (Å²) in [6.45, 7) is 6.13. The summed E-state index contributed by atoms with van der Waals surface area (Å²) < 4.78 is 16.8. The van der Waals surface area contributed by atoms with Crippen LogP contribution in [0.2, 0.25) is 0 Å². The number of nitrogens with one attached hydrogen (secondary N) is 1. The zero-order valence-corrected chi connectivity index (χ0v) is 14.9. The Kier molecular flexibility index (Phi) is 4.88. The van der Waals surface area contributed by atoms with Crippen LogP contribution in [0.25, 0.3) is 11.3 Å². The second kappa shape index (κ2) is 7.11. The van der Waals surface area contributed by atoms with Gasteiger partial charge >= 0.3 is 5.97 Å². The van der Waals surface area contributed by atoms with Gasteiger partial charge in [0, 0.05) is 5.56 Å². The molecule has 1 aromatic heterocycles. The van der Waals surface area contributed by atoms with Gasteiger partial charge in [0.05, 0.1) is 5.56 Å². The molecule has 7 nitrogen and oxygen atoms in total. The standard InChI is InChI=1S/C19H21NO6/c1-10(2)17(19(22)23)20-18(21)13-9-15(26-11(13)3)12-4-5-14-16(8-12)25-7-6-24-14/h4-5,8-10,17H,6-7H2,1-3H3,(H,20,21)(H,22,23)/t17-/m0/s1. The SMILES string of the molecule is Cc1oc(-c2ccc3c(c2)OCCO3)cc1C(=O)N[C@H](C(=O)O)C(C)C. The first-order chi connectivity index (χ1) is 12.4. The topological polar surface area (TPSA) is 98.0 Å². The largest absolute Gasteiger partial charge is 0.486 e. The monoisotopic (exact) mass is 359 g/mol. The van der Waals surface area contributed by atoms with Crippen LogP contribution in [0.15, 0.2) is 28.7 Å². The molecule has 0 aliphatic carbocycles. The van der Waals surface area contributed by atoms with Gasteiger partial charge in [0.25, 0.3) is 5.91 Å². The molecule has 1 aliphatic rings. The summed E-state index contributed by atoms with van der Waals surface area (Å²) in [5, 5.41) is 11.8. The highest BCUT2D eigenvalue weighted by Gasteiger charge is 2.26. The number of fused-ring (bicyclic) bond motifs is 1. The van der Waals surface area contributed by atoms with Crippen molar-refractivity contribution in [1.29, 1.82) is 0 Å². The molecule has 3 rings (SSSR count). The molecule has 1 atom stereocenters. The molecule has 26 heavy (non-hydrogen) atoms. The van der Waals surface area contributed by atoms with Crippen LogP contribution in [-0.4, -0.2) is 36.2 Å². The van der Waals surface area contributed by atoms with Crippen molar-refractivity contribution in [3.05, 3.63) is 35.6 Å². The highest BCUT2D eigenvalue weighted by Crippen LogP contribution is 2.35. The van der Waals surface area contributed by atoms with E-state index < -0.39 is 17.9 Å². The maximum Gasteiger partial charge on any atom is 0.326 e. The average Bonchev–Trinajstić information content (AvgIpc) is 3.00. The normalized spacial score (nSPS) is 14.2. The molecule has 2 heterocycles. The Bertz CT molecular complexity index is 839. The van der Waals surface area contributed by atoms with Gasteiger partial charge in [0.1, 0.15) is 30.8 Å². The van der Waals surface area contributed by atoms with Crippen LogP contribution in [0, 0.1) is 12.8 Å². The summed E-state index contributed by atoms with van der Waals surface area (Å²) >= 11 is 0. The predicted octanol–water partition coefficient (Wildman–Crippen LogP) is 2.87. The van der Waals surface area contributed by atoms with E-state index in [0.29, 0.717) is 41.8 Å². The molecule has 2 aromatic rings. The van der Waals surface area contributed by atoms with Gasteiger partial charge < -0.3 is 24.3 Å². The number of carboxylic acid groups (broad SMARTS) is 1. The van der Waals surface area contributed by atoms with Crippen LogP contribution in [0.5, 0.6) is 11.5 Å². The Morgan fingerprint density at radius 1 is 1.12 bits per heavy atom. The van der Waals surface area contributed by atoms with Gasteiger partial charge in [0.2, 0.25) is 0 Å². The number of ether oxygens (including phenoxy) is 2. The molecule has 0 spiro atoms. The summed E-state index contributed by atoms with van der Waals surface area (Å²) in [5.41, 5.74) is 1.05. The number of furan rings is 1. The van der Waals surface area contributed by atoms with Crippen molar-refractivity contribution in [2.24, 2.45) is 5.92 Å². The number of benzene rings is 1. The first-order valence-corrected chi connectivity index (χ1v) is 8.41. The number of carbonyl (C=O) groups is 2.